The normalized spacial score (nSPS) is 10.9. The number of fused-ring (bicyclic) bond motifs is 1. The fraction of sp³-hybridized carbons (Fsp3) is 0. The van der Waals surface area contributed by atoms with Crippen LogP contribution in [0.3, 0.4) is 0 Å². The molecule has 3 rings (SSSR count). The molecule has 6 nitrogen and oxygen atoms in total. The van der Waals surface area contributed by atoms with Gasteiger partial charge in [-0.2, -0.15) is 10.2 Å². The maximum Gasteiger partial charge on any atom is 0.155 e. The molecule has 0 amide bonds. The number of hydrogen-bond donors (Lipinski definition) is 2. The molecule has 15 heavy (non-hydrogen) atoms. The summed E-state index contributed by atoms with van der Waals surface area (Å²) < 4.78 is 1.66. The Morgan fingerprint density at radius 1 is 1.33 bits per heavy atom. The smallest absolute Gasteiger partial charge is 0.155 e. The fourth-order valence-corrected chi connectivity index (χ4v) is 1.60. The summed E-state index contributed by atoms with van der Waals surface area (Å²) in [6.45, 7) is 0. The van der Waals surface area contributed by atoms with Crippen molar-refractivity contribution >= 4 is 16.7 Å². The number of rotatable bonds is 1. The zero-order valence-electron chi connectivity index (χ0n) is 7.75. The van der Waals surface area contributed by atoms with Crippen molar-refractivity contribution in [1.29, 1.82) is 0 Å². The second-order valence-corrected chi connectivity index (χ2v) is 3.15. The number of H-pyrrole nitrogens is 1. The average Bonchev–Trinajstić information content (AvgIpc) is 2.88. The Balaban J connectivity index is 2.39. The van der Waals surface area contributed by atoms with E-state index in [2.05, 4.69) is 20.3 Å². The number of anilines is 1. The zero-order chi connectivity index (χ0) is 10.3. The molecule has 3 aromatic rings. The lowest BCUT2D eigenvalue weighted by molar-refractivity contribution is 0.886. The number of benzene rings is 1. The van der Waals surface area contributed by atoms with Gasteiger partial charge in [-0.25, -0.2) is 9.67 Å². The first kappa shape index (κ1) is 7.98. The Morgan fingerprint density at radius 2 is 2.27 bits per heavy atom. The Hall–Kier alpha value is -2.37. The molecule has 3 N–H and O–H groups in total. The van der Waals surface area contributed by atoms with Gasteiger partial charge >= 0.3 is 0 Å². The van der Waals surface area contributed by atoms with E-state index in [0.717, 1.165) is 16.6 Å². The molecule has 0 bridgehead atoms. The monoisotopic (exact) mass is 200 g/mol. The van der Waals surface area contributed by atoms with Crippen molar-refractivity contribution in [3.63, 3.8) is 0 Å². The highest BCUT2D eigenvalue weighted by Crippen LogP contribution is 2.24. The van der Waals surface area contributed by atoms with Crippen molar-refractivity contribution in [2.24, 2.45) is 0 Å². The molecule has 0 radical (unpaired) electrons. The van der Waals surface area contributed by atoms with Gasteiger partial charge in [0.05, 0.1) is 16.6 Å². The lowest BCUT2D eigenvalue weighted by Gasteiger charge is -2.01. The molecule has 0 fully saturated rings. The van der Waals surface area contributed by atoms with E-state index in [4.69, 9.17) is 5.73 Å². The SMILES string of the molecule is Nc1n[nH]c2cccc(-n3cncn3)c12. The van der Waals surface area contributed by atoms with Crippen LogP contribution >= 0.6 is 0 Å². The molecule has 0 saturated heterocycles. The summed E-state index contributed by atoms with van der Waals surface area (Å²) in [5.74, 6) is 0.469. The van der Waals surface area contributed by atoms with Gasteiger partial charge in [-0.05, 0) is 12.1 Å². The summed E-state index contributed by atoms with van der Waals surface area (Å²) in [5.41, 5.74) is 7.54. The average molecular weight is 200 g/mol. The van der Waals surface area contributed by atoms with Crippen LogP contribution in [0.2, 0.25) is 0 Å². The van der Waals surface area contributed by atoms with Crippen molar-refractivity contribution < 1.29 is 0 Å². The minimum atomic E-state index is 0.469. The third-order valence-corrected chi connectivity index (χ3v) is 2.26. The summed E-state index contributed by atoms with van der Waals surface area (Å²) in [5, 5.41) is 11.7. The number of nitrogen functional groups attached to an aromatic ring is 1. The fourth-order valence-electron chi connectivity index (χ4n) is 1.60. The van der Waals surface area contributed by atoms with Crippen LogP contribution in [0.5, 0.6) is 0 Å². The van der Waals surface area contributed by atoms with E-state index >= 15 is 0 Å². The van der Waals surface area contributed by atoms with Gasteiger partial charge in [-0.15, -0.1) is 0 Å². The van der Waals surface area contributed by atoms with E-state index < -0.39 is 0 Å². The third-order valence-electron chi connectivity index (χ3n) is 2.26. The maximum atomic E-state index is 5.78. The van der Waals surface area contributed by atoms with Gasteiger partial charge < -0.3 is 5.73 Å². The summed E-state index contributed by atoms with van der Waals surface area (Å²) in [7, 11) is 0. The van der Waals surface area contributed by atoms with Crippen LogP contribution in [0.15, 0.2) is 30.9 Å². The minimum Gasteiger partial charge on any atom is -0.382 e. The second kappa shape index (κ2) is 2.81. The van der Waals surface area contributed by atoms with Crippen LogP contribution in [-0.2, 0) is 0 Å². The van der Waals surface area contributed by atoms with Crippen LogP contribution in [-0.4, -0.2) is 25.0 Å². The summed E-state index contributed by atoms with van der Waals surface area (Å²) >= 11 is 0. The Kier molecular flexibility index (Phi) is 1.49. The van der Waals surface area contributed by atoms with Crippen molar-refractivity contribution in [1.82, 2.24) is 25.0 Å². The molecular weight excluding hydrogens is 192 g/mol. The molecule has 2 heterocycles. The van der Waals surface area contributed by atoms with Gasteiger partial charge in [0.25, 0.3) is 0 Å². The van der Waals surface area contributed by atoms with Gasteiger partial charge in [0.2, 0.25) is 0 Å². The third kappa shape index (κ3) is 1.08. The quantitative estimate of drug-likeness (QED) is 0.606. The lowest BCUT2D eigenvalue weighted by atomic mass is 10.2. The number of aromatic nitrogens is 5. The first-order chi connectivity index (χ1) is 7.36. The van der Waals surface area contributed by atoms with Gasteiger partial charge in [0, 0.05) is 0 Å². The molecule has 0 saturated carbocycles. The molecule has 74 valence electrons. The molecule has 0 unspecified atom stereocenters. The highest BCUT2D eigenvalue weighted by atomic mass is 15.3. The summed E-state index contributed by atoms with van der Waals surface area (Å²) in [6.07, 6.45) is 3.11. The molecule has 6 heteroatoms. The summed E-state index contributed by atoms with van der Waals surface area (Å²) in [6, 6.07) is 5.75. The number of nitrogens with two attached hydrogens (primary N) is 1. The van der Waals surface area contributed by atoms with Gasteiger partial charge in [0.15, 0.2) is 5.82 Å². The van der Waals surface area contributed by atoms with Crippen LogP contribution < -0.4 is 5.73 Å². The highest BCUT2D eigenvalue weighted by molar-refractivity contribution is 5.95. The van der Waals surface area contributed by atoms with Crippen molar-refractivity contribution in [3.05, 3.63) is 30.9 Å². The first-order valence-electron chi connectivity index (χ1n) is 4.44. The summed E-state index contributed by atoms with van der Waals surface area (Å²) in [4.78, 5) is 3.90. The van der Waals surface area contributed by atoms with E-state index in [1.807, 2.05) is 18.2 Å². The Labute approximate surface area is 84.7 Å². The highest BCUT2D eigenvalue weighted by Gasteiger charge is 2.08. The van der Waals surface area contributed by atoms with Crippen molar-refractivity contribution in [2.45, 2.75) is 0 Å². The second-order valence-electron chi connectivity index (χ2n) is 3.15. The first-order valence-corrected chi connectivity index (χ1v) is 4.44. The number of aromatic amines is 1. The molecule has 0 spiro atoms. The minimum absolute atomic E-state index is 0.469. The zero-order valence-corrected chi connectivity index (χ0v) is 7.75. The van der Waals surface area contributed by atoms with Crippen LogP contribution in [0.25, 0.3) is 16.6 Å². The van der Waals surface area contributed by atoms with Gasteiger partial charge in [-0.3, -0.25) is 5.10 Å². The maximum absolute atomic E-state index is 5.78. The van der Waals surface area contributed by atoms with Crippen LogP contribution in [0, 0.1) is 0 Å². The number of nitrogens with zero attached hydrogens (tertiary/aromatic N) is 4. The molecular formula is C9H8N6. The van der Waals surface area contributed by atoms with E-state index in [1.165, 1.54) is 6.33 Å². The molecule has 0 aliphatic heterocycles. The largest absolute Gasteiger partial charge is 0.382 e. The van der Waals surface area contributed by atoms with E-state index in [-0.39, 0.29) is 0 Å². The predicted octanol–water partition coefficient (Wildman–Crippen LogP) is 0.726. The number of nitrogens with one attached hydrogen (secondary N) is 1. The lowest BCUT2D eigenvalue weighted by Crippen LogP contribution is -1.96. The Bertz CT molecular complexity index is 594. The van der Waals surface area contributed by atoms with Crippen LogP contribution in [0.1, 0.15) is 0 Å². The van der Waals surface area contributed by atoms with E-state index in [1.54, 1.807) is 11.0 Å². The van der Waals surface area contributed by atoms with Crippen molar-refractivity contribution in [3.8, 4) is 5.69 Å². The van der Waals surface area contributed by atoms with Crippen LogP contribution in [0.4, 0.5) is 5.82 Å². The van der Waals surface area contributed by atoms with E-state index in [0.29, 0.717) is 5.82 Å². The van der Waals surface area contributed by atoms with Gasteiger partial charge in [0.1, 0.15) is 12.7 Å². The predicted molar refractivity (Wildman–Crippen MR) is 55.4 cm³/mol. The topological polar surface area (TPSA) is 85.4 Å². The molecule has 0 atom stereocenters. The molecule has 0 aliphatic rings. The van der Waals surface area contributed by atoms with Crippen molar-refractivity contribution in [2.75, 3.05) is 5.73 Å². The van der Waals surface area contributed by atoms with E-state index in [9.17, 15) is 0 Å². The molecule has 1 aromatic carbocycles. The Morgan fingerprint density at radius 3 is 3.07 bits per heavy atom. The standard InChI is InChI=1S/C9H8N6/c10-9-8-6(13-14-9)2-1-3-7(8)15-5-11-4-12-15/h1-5H,(H3,10,13,14). The van der Waals surface area contributed by atoms with Gasteiger partial charge in [-0.1, -0.05) is 6.07 Å². The molecule has 2 aromatic heterocycles. The molecule has 0 aliphatic carbocycles. The number of hydrogen-bond acceptors (Lipinski definition) is 4.